The van der Waals surface area contributed by atoms with E-state index in [0.29, 0.717) is 23.3 Å². The second-order valence-electron chi connectivity index (χ2n) is 19.1. The number of para-hydroxylation sites is 5. The molecule has 0 atom stereocenters. The monoisotopic (exact) mass is 1060 g/mol. The summed E-state index contributed by atoms with van der Waals surface area (Å²) in [7, 11) is 2.08. The molecule has 4 heterocycles. The fourth-order valence-electron chi connectivity index (χ4n) is 10.4. The van der Waals surface area contributed by atoms with E-state index in [0.717, 1.165) is 67.1 Å². The predicted octanol–water partition coefficient (Wildman–Crippen LogP) is 15.6. The van der Waals surface area contributed by atoms with Crippen molar-refractivity contribution in [2.75, 3.05) is 16.8 Å². The van der Waals surface area contributed by atoms with Gasteiger partial charge in [0, 0.05) is 72.0 Å². The van der Waals surface area contributed by atoms with Crippen molar-refractivity contribution in [3.05, 3.63) is 198 Å². The summed E-state index contributed by atoms with van der Waals surface area (Å²) in [6, 6.07) is 57.4. The summed E-state index contributed by atoms with van der Waals surface area (Å²) in [6.07, 6.45) is 2.05. The third-order valence-corrected chi connectivity index (χ3v) is 13.9. The first kappa shape index (κ1) is 44.2. The van der Waals surface area contributed by atoms with Crippen molar-refractivity contribution in [3.8, 4) is 23.0 Å². The Hall–Kier alpha value is -6.62. The molecule has 67 heavy (non-hydrogen) atoms. The maximum Gasteiger partial charge on any atom is 0.140 e. The number of nitrogens with zero attached hydrogens (tertiary/aromatic N) is 5. The van der Waals surface area contributed by atoms with E-state index in [4.69, 9.17) is 9.72 Å². The van der Waals surface area contributed by atoms with Gasteiger partial charge >= 0.3 is 0 Å². The fraction of sp³-hybridized carbons (Fsp3) is 0.200. The van der Waals surface area contributed by atoms with Crippen LogP contribution in [0.25, 0.3) is 55.1 Å². The van der Waals surface area contributed by atoms with Crippen LogP contribution in [0.5, 0.6) is 11.5 Å². The molecule has 3 aromatic heterocycles. The molecule has 10 aromatic rings. The zero-order valence-corrected chi connectivity index (χ0v) is 41.8. The Labute approximate surface area is 408 Å². The summed E-state index contributed by atoms with van der Waals surface area (Å²) in [4.78, 5) is 9.65. The molecular formula is C60H54N5OPt-3. The molecule has 11 rings (SSSR count). The molecule has 338 valence electrons. The van der Waals surface area contributed by atoms with E-state index in [9.17, 15) is 0 Å². The summed E-state index contributed by atoms with van der Waals surface area (Å²) in [5.41, 5.74) is 15.7. The van der Waals surface area contributed by atoms with Crippen LogP contribution < -0.4 is 14.5 Å². The number of aryl methyl sites for hydroxylation is 1. The predicted molar refractivity (Wildman–Crippen MR) is 275 cm³/mol. The van der Waals surface area contributed by atoms with E-state index in [1.807, 2.05) is 12.3 Å². The minimum absolute atomic E-state index is 0. The molecule has 0 fully saturated rings. The minimum Gasteiger partial charge on any atom is -0.509 e. The van der Waals surface area contributed by atoms with Crippen LogP contribution in [0.1, 0.15) is 86.8 Å². The van der Waals surface area contributed by atoms with Gasteiger partial charge in [0.05, 0.1) is 16.7 Å². The number of hydrogen-bond donors (Lipinski definition) is 0. The SMILES string of the molecule is Cc1cnc(-n2c3[c-]c(Oc4[c-]c(N5[CH-]N(C)c6ccccc65)cc(C(C)(C)c5ccccc5)c4)ccc3c3ccccc32)c(C)c1-n1c2c(C(C)C)cccc2c2cccc(C(C)C)c21.[Pt]. The van der Waals surface area contributed by atoms with Crippen LogP contribution in [0, 0.1) is 32.6 Å². The normalized spacial score (nSPS) is 12.9. The molecule has 1 aliphatic heterocycles. The van der Waals surface area contributed by atoms with E-state index < -0.39 is 0 Å². The second-order valence-corrected chi connectivity index (χ2v) is 19.1. The van der Waals surface area contributed by atoms with Crippen LogP contribution in [0.3, 0.4) is 0 Å². The Morgan fingerprint density at radius 3 is 1.93 bits per heavy atom. The molecule has 1 aliphatic rings. The summed E-state index contributed by atoms with van der Waals surface area (Å²) < 4.78 is 11.8. The molecule has 0 amide bonds. The summed E-state index contributed by atoms with van der Waals surface area (Å²) in [5.74, 6) is 2.74. The van der Waals surface area contributed by atoms with Crippen LogP contribution in [-0.4, -0.2) is 21.2 Å². The van der Waals surface area contributed by atoms with Gasteiger partial charge in [0.25, 0.3) is 0 Å². The summed E-state index contributed by atoms with van der Waals surface area (Å²) in [5, 5.41) is 4.76. The Kier molecular flexibility index (Phi) is 11.2. The van der Waals surface area contributed by atoms with Gasteiger partial charge in [-0.1, -0.05) is 144 Å². The third-order valence-electron chi connectivity index (χ3n) is 13.9. The number of benzene rings is 7. The first-order valence-electron chi connectivity index (χ1n) is 23.2. The van der Waals surface area contributed by atoms with Crippen molar-refractivity contribution in [2.45, 2.75) is 72.6 Å². The molecule has 0 saturated heterocycles. The Morgan fingerprint density at radius 1 is 0.612 bits per heavy atom. The van der Waals surface area contributed by atoms with Gasteiger partial charge in [-0.2, -0.15) is 12.7 Å². The summed E-state index contributed by atoms with van der Waals surface area (Å²) in [6.45, 7) is 20.3. The van der Waals surface area contributed by atoms with E-state index in [2.05, 4.69) is 234 Å². The van der Waals surface area contributed by atoms with Crippen molar-refractivity contribution < 1.29 is 25.8 Å². The number of pyridine rings is 1. The van der Waals surface area contributed by atoms with Crippen LogP contribution in [0.15, 0.2) is 146 Å². The third kappa shape index (κ3) is 7.15. The number of rotatable bonds is 9. The average molecular weight is 1060 g/mol. The zero-order chi connectivity index (χ0) is 45.6. The fourth-order valence-corrected chi connectivity index (χ4v) is 10.4. The Morgan fingerprint density at radius 2 is 1.24 bits per heavy atom. The topological polar surface area (TPSA) is 38.5 Å². The largest absolute Gasteiger partial charge is 0.509 e. The van der Waals surface area contributed by atoms with E-state index in [1.165, 1.54) is 38.5 Å². The number of hydrogen-bond acceptors (Lipinski definition) is 4. The van der Waals surface area contributed by atoms with Gasteiger partial charge in [-0.3, -0.25) is 0 Å². The summed E-state index contributed by atoms with van der Waals surface area (Å²) >= 11 is 0. The average Bonchev–Trinajstić information content (AvgIpc) is 3.96. The maximum absolute atomic E-state index is 6.96. The smallest absolute Gasteiger partial charge is 0.140 e. The van der Waals surface area contributed by atoms with Crippen molar-refractivity contribution in [3.63, 3.8) is 0 Å². The second kappa shape index (κ2) is 16.9. The van der Waals surface area contributed by atoms with Crippen molar-refractivity contribution in [1.29, 1.82) is 0 Å². The van der Waals surface area contributed by atoms with Crippen LogP contribution in [0.2, 0.25) is 0 Å². The maximum atomic E-state index is 6.96. The minimum atomic E-state index is -0.330. The van der Waals surface area contributed by atoms with Gasteiger partial charge in [0.15, 0.2) is 0 Å². The van der Waals surface area contributed by atoms with Gasteiger partial charge in [-0.15, -0.1) is 47.0 Å². The number of fused-ring (bicyclic) bond motifs is 7. The quantitative estimate of drug-likeness (QED) is 0.135. The first-order chi connectivity index (χ1) is 31.9. The first-order valence-corrected chi connectivity index (χ1v) is 23.2. The zero-order valence-electron chi connectivity index (χ0n) is 39.5. The number of aromatic nitrogens is 3. The van der Waals surface area contributed by atoms with Gasteiger partial charge in [0.1, 0.15) is 5.82 Å². The molecule has 7 heteroatoms. The van der Waals surface area contributed by atoms with Gasteiger partial charge in [-0.05, 0) is 84.0 Å². The molecule has 0 unspecified atom stereocenters. The molecule has 6 nitrogen and oxygen atoms in total. The van der Waals surface area contributed by atoms with Gasteiger partial charge in [-0.25, -0.2) is 4.98 Å². The Bertz CT molecular complexity index is 3460. The molecule has 0 N–H and O–H groups in total. The van der Waals surface area contributed by atoms with Crippen LogP contribution in [0.4, 0.5) is 17.1 Å². The van der Waals surface area contributed by atoms with Gasteiger partial charge in [0.2, 0.25) is 0 Å². The van der Waals surface area contributed by atoms with Crippen LogP contribution in [-0.2, 0) is 26.5 Å². The van der Waals surface area contributed by atoms with Crippen molar-refractivity contribution in [1.82, 2.24) is 14.1 Å². The van der Waals surface area contributed by atoms with Crippen molar-refractivity contribution >= 4 is 60.7 Å². The number of anilines is 3. The van der Waals surface area contributed by atoms with E-state index >= 15 is 0 Å². The molecular weight excluding hydrogens is 1000 g/mol. The van der Waals surface area contributed by atoms with E-state index in [1.54, 1.807) is 0 Å². The molecule has 0 radical (unpaired) electrons. The Balaban J connectivity index is 0.00000525. The molecule has 0 bridgehead atoms. The van der Waals surface area contributed by atoms with Crippen LogP contribution >= 0.6 is 0 Å². The molecule has 0 saturated carbocycles. The molecule has 0 aliphatic carbocycles. The van der Waals surface area contributed by atoms with Gasteiger partial charge < -0.3 is 23.7 Å². The van der Waals surface area contributed by atoms with E-state index in [-0.39, 0.29) is 26.5 Å². The number of ether oxygens (including phenoxy) is 1. The molecule has 7 aromatic carbocycles. The van der Waals surface area contributed by atoms with Crippen molar-refractivity contribution in [2.24, 2.45) is 0 Å². The molecule has 0 spiro atoms. The standard InChI is InChI=1S/C60H54N5O.Pt/c1-37(2)46-22-17-24-50-51-25-18-23-47(38(3)4)58(51)65(57(46)50)56-39(5)35-61-59(40(56)6)64-52-26-14-13-21-48(52)49-30-29-44(34-55(49)64)66-45-32-42(60(7,8)41-19-11-10-12-20-41)31-43(33-45)63-36-62(9)53-27-15-16-28-54(53)63;/h10-32,35-38H,1-9H3;/q-3;.